The summed E-state index contributed by atoms with van der Waals surface area (Å²) >= 11 is 0. The van der Waals surface area contributed by atoms with E-state index in [0.29, 0.717) is 64.8 Å². The Morgan fingerprint density at radius 1 is 0.244 bits per heavy atom. The Morgan fingerprint density at radius 3 is 0.667 bits per heavy atom. The molecule has 0 fully saturated rings. The fourth-order valence-electron chi connectivity index (χ4n) is 9.40. The lowest BCUT2D eigenvalue weighted by Crippen LogP contribution is -2.42. The Labute approximate surface area is 792 Å². The largest absolute Gasteiger partial charge is 0.391 e. The highest BCUT2D eigenvalue weighted by Crippen LogP contribution is 2.25. The van der Waals surface area contributed by atoms with E-state index in [2.05, 4.69) is 125 Å². The summed E-state index contributed by atoms with van der Waals surface area (Å²) in [6, 6.07) is 0. The highest BCUT2D eigenvalue weighted by Gasteiger charge is 2.34. The molecule has 9 amide bonds. The first-order valence-corrected chi connectivity index (χ1v) is 43.4. The number of aliphatic hydroxyl groups excluding tert-OH is 6. The number of ether oxygens (including phenoxy) is 21. The topological polar surface area (TPSA) is 607 Å². The number of rotatable bonds is 95. The van der Waals surface area contributed by atoms with Gasteiger partial charge in [-0.05, 0) is 99.6 Å². The van der Waals surface area contributed by atoms with Crippen LogP contribution < -0.4 is 47.9 Å². The van der Waals surface area contributed by atoms with E-state index in [1.165, 1.54) is 0 Å². The van der Waals surface area contributed by atoms with Gasteiger partial charge in [0.1, 0.15) is 85.0 Å². The Balaban J connectivity index is -0.000000956. The second kappa shape index (κ2) is 98.5. The molecule has 0 bridgehead atoms. The third-order valence-electron chi connectivity index (χ3n) is 16.7. The summed E-state index contributed by atoms with van der Waals surface area (Å²) in [6.07, 6.45) is 8.25. The molecule has 780 valence electrons. The molecule has 47 nitrogen and oxygen atoms in total. The molecule has 0 saturated heterocycles. The summed E-state index contributed by atoms with van der Waals surface area (Å²) in [5.74, 6) is -3.19. The summed E-state index contributed by atoms with van der Waals surface area (Å²) < 4.78 is 115. The highest BCUT2D eigenvalue weighted by molar-refractivity contribution is 5.89. The van der Waals surface area contributed by atoms with Crippen molar-refractivity contribution in [3.63, 3.8) is 0 Å². The van der Waals surface area contributed by atoms with Crippen LogP contribution in [0.15, 0.2) is 127 Å². The van der Waals surface area contributed by atoms with Gasteiger partial charge in [-0.25, -0.2) is 4.89 Å². The molecule has 0 heterocycles. The van der Waals surface area contributed by atoms with Gasteiger partial charge >= 0.3 is 0 Å². The van der Waals surface area contributed by atoms with Gasteiger partial charge in [0.25, 0.3) is 0 Å². The van der Waals surface area contributed by atoms with Crippen LogP contribution >= 0.6 is 0 Å². The molecule has 0 aromatic rings. The van der Waals surface area contributed by atoms with Gasteiger partial charge < -0.3 is 178 Å². The van der Waals surface area contributed by atoms with Gasteiger partial charge in [0.15, 0.2) is 0 Å². The number of aliphatic hydroxyl groups is 6. The van der Waals surface area contributed by atoms with Crippen LogP contribution in [-0.4, -0.2) is 410 Å². The lowest BCUT2D eigenvalue weighted by atomic mass is 9.88. The summed E-state index contributed by atoms with van der Waals surface area (Å²) in [5, 5.41) is 92.0. The van der Waals surface area contributed by atoms with Crippen LogP contribution in [0.3, 0.4) is 0 Å². The molecule has 0 spiro atoms. The molecular weight excluding hydrogens is 1790 g/mol. The zero-order chi connectivity index (χ0) is 101. The smallest absolute Gasteiger partial charge is 0.245 e. The van der Waals surface area contributed by atoms with Gasteiger partial charge in [0, 0.05) is 25.2 Å². The third kappa shape index (κ3) is 91.6. The minimum Gasteiger partial charge on any atom is -0.391 e. The van der Waals surface area contributed by atoms with Gasteiger partial charge in [-0.2, -0.15) is 0 Å². The molecule has 0 aromatic heterocycles. The fraction of sp³-hybridized carbons (Fsp3) is 0.670. The first kappa shape index (κ1) is 133. The number of amides is 9. The third-order valence-corrected chi connectivity index (χ3v) is 16.7. The molecule has 0 saturated carbocycles. The second-order valence-electron chi connectivity index (χ2n) is 28.1. The maximum atomic E-state index is 11.1. The maximum Gasteiger partial charge on any atom is 0.245 e. The molecule has 0 rings (SSSR count). The van der Waals surface area contributed by atoms with Gasteiger partial charge in [-0.1, -0.05) is 66.1 Å². The van der Waals surface area contributed by atoms with E-state index < -0.39 is 53.6 Å². The van der Waals surface area contributed by atoms with Crippen LogP contribution in [0.2, 0.25) is 0 Å². The standard InChI is InChI=1S/C33H59N3O15.C30H53N3O12.C23H39N3O11.C2H4/c1-5-30(40)34-24-49-18-27(37)15-43-9-12-46-21-33(8-4,22-47-13-10-44-16-28(38)19-50-25-35-31(41)6-2)23-48-14-11-45-17-29(39)20-51-26-36-32(42)7-3;1-4-28(37)31-21-40-13-7-10-24(34)16-43-19-27(45-18-26(36)12-9-15-42-23-33-30(39)6-3)20-44-17-25(35)11-8-14-41-22-32-29(38)5-2;1-4-20(27)24-17-34-10-7-31-13-23(16-37-30,14-32-8-11-35-18-25-21(28)5-2)15-33-9-12-36-19-26-22(29)6-3;1-2/h5-7,27-29,37-39H,1-3,8-26H2,4H3,(H,34,40)(H,35,41)(H,36,42);4-6,24-27,34-36H,1-3,7-23H2,(H,31,37)(H,32,38)(H,33,39);4-6,30H,1-3,7-19H2,(H,24,27)(H,25,28)(H,26,29);1-2H2. The Hall–Kier alpha value is -8.53. The van der Waals surface area contributed by atoms with Crippen molar-refractivity contribution < 1.29 is 183 Å². The zero-order valence-electron chi connectivity index (χ0n) is 78.5. The molecular formula is C88H155N9O38. The van der Waals surface area contributed by atoms with Crippen LogP contribution in [0.25, 0.3) is 0 Å². The molecule has 0 aliphatic carbocycles. The molecule has 0 aromatic carbocycles. The molecule has 0 aliphatic heterocycles. The van der Waals surface area contributed by atoms with Crippen LogP contribution in [0.5, 0.6) is 0 Å². The predicted octanol–water partition coefficient (Wildman–Crippen LogP) is -1.81. The van der Waals surface area contributed by atoms with E-state index in [9.17, 15) is 73.8 Å². The van der Waals surface area contributed by atoms with Crippen molar-refractivity contribution in [2.75, 3.05) is 279 Å². The number of hydrogen-bond donors (Lipinski definition) is 16. The van der Waals surface area contributed by atoms with Gasteiger partial charge in [-0.3, -0.25) is 48.4 Å². The van der Waals surface area contributed by atoms with Crippen LogP contribution in [0.1, 0.15) is 51.9 Å². The predicted molar refractivity (Wildman–Crippen MR) is 490 cm³/mol. The van der Waals surface area contributed by atoms with Crippen molar-refractivity contribution >= 4 is 53.2 Å². The van der Waals surface area contributed by atoms with E-state index in [1.807, 2.05) is 6.92 Å². The Bertz CT molecular complexity index is 2830. The van der Waals surface area contributed by atoms with E-state index in [-0.39, 0.29) is 312 Å². The normalized spacial score (nSPS) is 12.9. The lowest BCUT2D eigenvalue weighted by molar-refractivity contribution is -0.277. The van der Waals surface area contributed by atoms with Gasteiger partial charge in [-0.15, -0.1) is 13.2 Å². The van der Waals surface area contributed by atoms with Crippen molar-refractivity contribution in [2.45, 2.75) is 94.6 Å². The zero-order valence-corrected chi connectivity index (χ0v) is 78.5. The molecule has 6 unspecified atom stereocenters. The van der Waals surface area contributed by atoms with Crippen molar-refractivity contribution in [3.8, 4) is 0 Å². The number of hydrogen-bond acceptors (Lipinski definition) is 38. The minimum atomic E-state index is -0.889. The Kier molecular flexibility index (Phi) is 96.9. The molecule has 16 N–H and O–H groups in total. The van der Waals surface area contributed by atoms with Crippen LogP contribution in [0, 0.1) is 10.8 Å². The van der Waals surface area contributed by atoms with Crippen molar-refractivity contribution in [3.05, 3.63) is 127 Å². The molecule has 0 radical (unpaired) electrons. The first-order chi connectivity index (χ1) is 65.2. The van der Waals surface area contributed by atoms with Crippen LogP contribution in [-0.2, 0) is 148 Å². The summed E-state index contributed by atoms with van der Waals surface area (Å²) in [6.45, 7) is 42.8. The number of carbonyl (C=O) groups is 9. The van der Waals surface area contributed by atoms with Gasteiger partial charge in [0.2, 0.25) is 53.2 Å². The molecule has 47 heteroatoms. The molecule has 0 aliphatic rings. The summed E-state index contributed by atoms with van der Waals surface area (Å²) in [7, 11) is 0. The van der Waals surface area contributed by atoms with Crippen molar-refractivity contribution in [2.24, 2.45) is 10.8 Å². The van der Waals surface area contributed by atoms with Crippen molar-refractivity contribution in [1.82, 2.24) is 47.9 Å². The quantitative estimate of drug-likeness (QED) is 0.00797. The lowest BCUT2D eigenvalue weighted by Gasteiger charge is -2.32. The minimum absolute atomic E-state index is 0.00579. The summed E-state index contributed by atoms with van der Waals surface area (Å²) in [5.41, 5.74) is -1.42. The average molecular weight is 1950 g/mol. The molecule has 6 atom stereocenters. The van der Waals surface area contributed by atoms with E-state index in [0.717, 1.165) is 54.7 Å². The number of carbonyl (C=O) groups excluding carboxylic acids is 9. The van der Waals surface area contributed by atoms with Crippen molar-refractivity contribution in [1.29, 1.82) is 0 Å². The van der Waals surface area contributed by atoms with Crippen LogP contribution in [0.4, 0.5) is 0 Å². The molecule has 135 heavy (non-hydrogen) atoms. The monoisotopic (exact) mass is 1950 g/mol. The van der Waals surface area contributed by atoms with E-state index in [4.69, 9.17) is 105 Å². The van der Waals surface area contributed by atoms with E-state index in [1.54, 1.807) is 0 Å². The second-order valence-corrected chi connectivity index (χ2v) is 28.1. The van der Waals surface area contributed by atoms with Gasteiger partial charge in [0.05, 0.1) is 222 Å². The maximum absolute atomic E-state index is 11.1. The SMILES string of the molecule is C=C.C=CC(=O)NCOCC(O)COCCOCC(CC)(COCCOCC(O)COCNC(=O)C=C)COCCOCC(O)COCNC(=O)C=C.C=CC(=O)NCOCCCC(O)COCC(COCC(O)CCCOCNC(=O)C=C)OCC(O)CCCOCNC(=O)C=C.C=CC(=O)NCOCCOCC(COO)(COCCOCNC(=O)C=C)COCCOCNC(=O)C=C. The summed E-state index contributed by atoms with van der Waals surface area (Å²) in [4.78, 5) is 104. The fourth-order valence-corrected chi connectivity index (χ4v) is 9.40. The number of nitrogens with one attached hydrogen (secondary N) is 9. The first-order valence-electron chi connectivity index (χ1n) is 43.4. The van der Waals surface area contributed by atoms with E-state index >= 15 is 0 Å². The highest BCUT2D eigenvalue weighted by atomic mass is 17.1. The average Bonchev–Trinajstić information content (AvgIpc) is 0.866. The Morgan fingerprint density at radius 2 is 0.437 bits per heavy atom.